The number of aromatic amines is 1. The van der Waals surface area contributed by atoms with Gasteiger partial charge in [0.1, 0.15) is 11.0 Å². The number of fused-ring (bicyclic) bond motifs is 1. The number of halogens is 1. The van der Waals surface area contributed by atoms with Gasteiger partial charge in [0.25, 0.3) is 0 Å². The molecule has 0 radical (unpaired) electrons. The highest BCUT2D eigenvalue weighted by atomic mass is 35.5. The van der Waals surface area contributed by atoms with Gasteiger partial charge in [0.2, 0.25) is 0 Å². The molecule has 0 atom stereocenters. The number of H-pyrrole nitrogens is 1. The zero-order valence-electron chi connectivity index (χ0n) is 10.4. The largest absolute Gasteiger partial charge is 0.478 e. The molecule has 3 aromatic rings. The summed E-state index contributed by atoms with van der Waals surface area (Å²) in [6.45, 7) is 1.72. The first-order valence-corrected chi connectivity index (χ1v) is 6.15. The van der Waals surface area contributed by atoms with Crippen LogP contribution in [0.1, 0.15) is 15.9 Å². The van der Waals surface area contributed by atoms with Crippen LogP contribution in [0.4, 0.5) is 0 Å². The van der Waals surface area contributed by atoms with Gasteiger partial charge in [-0.1, -0.05) is 23.7 Å². The van der Waals surface area contributed by atoms with E-state index in [1.54, 1.807) is 31.3 Å². The normalized spacial score (nSPS) is 10.9. The third-order valence-electron chi connectivity index (χ3n) is 3.06. The second kappa shape index (κ2) is 4.57. The van der Waals surface area contributed by atoms with Crippen molar-refractivity contribution in [3.8, 4) is 11.4 Å². The van der Waals surface area contributed by atoms with Gasteiger partial charge in [-0.15, -0.1) is 0 Å². The molecule has 0 fully saturated rings. The van der Waals surface area contributed by atoms with E-state index in [1.165, 1.54) is 0 Å². The molecule has 2 heterocycles. The van der Waals surface area contributed by atoms with Gasteiger partial charge in [0, 0.05) is 5.56 Å². The van der Waals surface area contributed by atoms with E-state index in [9.17, 15) is 4.79 Å². The molecule has 0 aliphatic rings. The van der Waals surface area contributed by atoms with Crippen LogP contribution in [0.3, 0.4) is 0 Å². The van der Waals surface area contributed by atoms with Gasteiger partial charge < -0.3 is 5.11 Å². The SMILES string of the molecule is Cc1c(C(=O)O)cccc1-c1nc(Cl)c2[nH]ncc2n1. The molecular formula is C13H9ClN4O2. The smallest absolute Gasteiger partial charge is 0.335 e. The summed E-state index contributed by atoms with van der Waals surface area (Å²) in [5.41, 5.74) is 2.59. The van der Waals surface area contributed by atoms with Crippen molar-refractivity contribution < 1.29 is 9.90 Å². The maximum atomic E-state index is 11.2. The molecule has 0 unspecified atom stereocenters. The van der Waals surface area contributed by atoms with E-state index in [0.29, 0.717) is 28.0 Å². The van der Waals surface area contributed by atoms with Crippen molar-refractivity contribution in [1.82, 2.24) is 20.2 Å². The van der Waals surface area contributed by atoms with Crippen molar-refractivity contribution >= 4 is 28.6 Å². The van der Waals surface area contributed by atoms with Gasteiger partial charge in [-0.25, -0.2) is 14.8 Å². The summed E-state index contributed by atoms with van der Waals surface area (Å²) < 4.78 is 0. The van der Waals surface area contributed by atoms with E-state index in [4.69, 9.17) is 16.7 Å². The van der Waals surface area contributed by atoms with E-state index < -0.39 is 5.97 Å². The molecule has 20 heavy (non-hydrogen) atoms. The highest BCUT2D eigenvalue weighted by Gasteiger charge is 2.15. The van der Waals surface area contributed by atoms with Gasteiger partial charge in [-0.2, -0.15) is 5.10 Å². The van der Waals surface area contributed by atoms with Gasteiger partial charge in [-0.05, 0) is 18.6 Å². The summed E-state index contributed by atoms with van der Waals surface area (Å²) in [5.74, 6) is -0.607. The number of hydrogen-bond acceptors (Lipinski definition) is 4. The average Bonchev–Trinajstić information content (AvgIpc) is 2.87. The first-order valence-electron chi connectivity index (χ1n) is 5.78. The van der Waals surface area contributed by atoms with Crippen LogP contribution >= 0.6 is 11.6 Å². The molecule has 2 N–H and O–H groups in total. The number of carbonyl (C=O) groups is 1. The predicted octanol–water partition coefficient (Wildman–Crippen LogP) is 2.68. The fourth-order valence-electron chi connectivity index (χ4n) is 2.03. The maximum Gasteiger partial charge on any atom is 0.335 e. The lowest BCUT2D eigenvalue weighted by molar-refractivity contribution is 0.0696. The molecule has 0 saturated heterocycles. The minimum atomic E-state index is -0.986. The molecule has 2 aromatic heterocycles. The van der Waals surface area contributed by atoms with Gasteiger partial charge in [0.15, 0.2) is 11.0 Å². The first-order chi connectivity index (χ1) is 9.58. The second-order valence-corrected chi connectivity index (χ2v) is 4.61. The van der Waals surface area contributed by atoms with E-state index in [0.717, 1.165) is 0 Å². The van der Waals surface area contributed by atoms with Crippen LogP contribution in [0.5, 0.6) is 0 Å². The molecule has 3 rings (SSSR count). The summed E-state index contributed by atoms with van der Waals surface area (Å²) in [5, 5.41) is 16.0. The Bertz CT molecular complexity index is 828. The van der Waals surface area contributed by atoms with Gasteiger partial charge >= 0.3 is 5.97 Å². The lowest BCUT2D eigenvalue weighted by Crippen LogP contribution is -2.02. The van der Waals surface area contributed by atoms with Crippen LogP contribution < -0.4 is 0 Å². The van der Waals surface area contributed by atoms with E-state index >= 15 is 0 Å². The number of nitrogens with zero attached hydrogens (tertiary/aromatic N) is 3. The molecule has 1 aromatic carbocycles. The molecule has 0 spiro atoms. The van der Waals surface area contributed by atoms with Crippen LogP contribution in [0, 0.1) is 6.92 Å². The van der Waals surface area contributed by atoms with Crippen LogP contribution in [0.2, 0.25) is 5.15 Å². The summed E-state index contributed by atoms with van der Waals surface area (Å²) in [6, 6.07) is 4.96. The zero-order chi connectivity index (χ0) is 14.3. The summed E-state index contributed by atoms with van der Waals surface area (Å²) in [4.78, 5) is 19.7. The summed E-state index contributed by atoms with van der Waals surface area (Å²) in [6.07, 6.45) is 1.54. The van der Waals surface area contributed by atoms with Crippen molar-refractivity contribution in [3.05, 3.63) is 40.7 Å². The Hall–Kier alpha value is -2.47. The third-order valence-corrected chi connectivity index (χ3v) is 3.33. The molecule has 7 heteroatoms. The number of hydrogen-bond donors (Lipinski definition) is 2. The highest BCUT2D eigenvalue weighted by Crippen LogP contribution is 2.26. The van der Waals surface area contributed by atoms with Crippen molar-refractivity contribution in [1.29, 1.82) is 0 Å². The van der Waals surface area contributed by atoms with Crippen molar-refractivity contribution in [2.45, 2.75) is 6.92 Å². The number of aromatic carboxylic acids is 1. The Labute approximate surface area is 118 Å². The van der Waals surface area contributed by atoms with Crippen LogP contribution in [0.15, 0.2) is 24.4 Å². The monoisotopic (exact) mass is 288 g/mol. The Balaban J connectivity index is 2.25. The van der Waals surface area contributed by atoms with Crippen LogP contribution in [-0.4, -0.2) is 31.2 Å². The molecule has 0 aliphatic heterocycles. The number of rotatable bonds is 2. The second-order valence-electron chi connectivity index (χ2n) is 4.25. The van der Waals surface area contributed by atoms with Crippen LogP contribution in [0.25, 0.3) is 22.4 Å². The van der Waals surface area contributed by atoms with Gasteiger partial charge in [0.05, 0.1) is 11.8 Å². The maximum absolute atomic E-state index is 11.2. The van der Waals surface area contributed by atoms with E-state index in [2.05, 4.69) is 20.2 Å². The van der Waals surface area contributed by atoms with Gasteiger partial charge in [-0.3, -0.25) is 5.10 Å². The van der Waals surface area contributed by atoms with E-state index in [-0.39, 0.29) is 10.7 Å². The fraction of sp³-hybridized carbons (Fsp3) is 0.0769. The minimum Gasteiger partial charge on any atom is -0.478 e. The number of carboxylic acid groups (broad SMARTS) is 1. The molecule has 100 valence electrons. The number of benzene rings is 1. The Morgan fingerprint density at radius 3 is 2.90 bits per heavy atom. The molecule has 0 aliphatic carbocycles. The highest BCUT2D eigenvalue weighted by molar-refractivity contribution is 6.33. The summed E-state index contributed by atoms with van der Waals surface area (Å²) in [7, 11) is 0. The van der Waals surface area contributed by atoms with Crippen molar-refractivity contribution in [2.75, 3.05) is 0 Å². The number of carboxylic acids is 1. The third kappa shape index (κ3) is 1.90. The van der Waals surface area contributed by atoms with Crippen molar-refractivity contribution in [3.63, 3.8) is 0 Å². The Morgan fingerprint density at radius 1 is 1.35 bits per heavy atom. The molecule has 0 amide bonds. The lowest BCUT2D eigenvalue weighted by Gasteiger charge is -2.07. The average molecular weight is 289 g/mol. The van der Waals surface area contributed by atoms with Crippen LogP contribution in [-0.2, 0) is 0 Å². The number of nitrogens with one attached hydrogen (secondary N) is 1. The lowest BCUT2D eigenvalue weighted by atomic mass is 10.0. The Morgan fingerprint density at radius 2 is 2.15 bits per heavy atom. The zero-order valence-corrected chi connectivity index (χ0v) is 11.1. The molecule has 0 saturated carbocycles. The Kier molecular flexibility index (Phi) is 2.87. The van der Waals surface area contributed by atoms with Crippen molar-refractivity contribution in [2.24, 2.45) is 0 Å². The predicted molar refractivity (Wildman–Crippen MR) is 73.8 cm³/mol. The molecule has 6 nitrogen and oxygen atoms in total. The molecular weight excluding hydrogens is 280 g/mol. The number of aromatic nitrogens is 4. The standard InChI is InChI=1S/C13H9ClN4O2/c1-6-7(3-2-4-8(6)13(19)20)12-16-9-5-15-18-10(9)11(14)17-12/h2-5H,1H3,(H,15,18)(H,19,20). The quantitative estimate of drug-likeness (QED) is 0.707. The topological polar surface area (TPSA) is 91.8 Å². The fourth-order valence-corrected chi connectivity index (χ4v) is 2.25. The minimum absolute atomic E-state index is 0.217. The van der Waals surface area contributed by atoms with E-state index in [1.807, 2.05) is 0 Å². The first kappa shape index (κ1) is 12.6. The molecule has 0 bridgehead atoms. The summed E-state index contributed by atoms with van der Waals surface area (Å²) >= 11 is 6.07.